The Kier molecular flexibility index (Phi) is 5.03. The van der Waals surface area contributed by atoms with Gasteiger partial charge in [-0.05, 0) is 36.4 Å². The molecule has 0 saturated carbocycles. The van der Waals surface area contributed by atoms with Crippen LogP contribution in [-0.4, -0.2) is 24.2 Å². The molecule has 0 fully saturated rings. The first-order valence-electron chi connectivity index (χ1n) is 7.51. The van der Waals surface area contributed by atoms with E-state index < -0.39 is 11.7 Å². The van der Waals surface area contributed by atoms with Gasteiger partial charge in [0, 0.05) is 11.6 Å². The van der Waals surface area contributed by atoms with E-state index in [0.717, 1.165) is 0 Å². The van der Waals surface area contributed by atoms with Crippen molar-refractivity contribution >= 4 is 5.91 Å². The number of carbonyl (C=O) groups excluding carboxylic acids is 1. The lowest BCUT2D eigenvalue weighted by molar-refractivity contribution is 0.0910. The second kappa shape index (κ2) is 7.57. The Labute approximate surface area is 142 Å². The van der Waals surface area contributed by atoms with Crippen LogP contribution < -0.4 is 10.1 Å². The highest BCUT2D eigenvalue weighted by atomic mass is 19.1. The van der Waals surface area contributed by atoms with E-state index in [4.69, 9.17) is 9.26 Å². The lowest BCUT2D eigenvalue weighted by Gasteiger charge is -2.06. The molecular weight excluding hydrogens is 330 g/mol. The quantitative estimate of drug-likeness (QED) is 0.696. The zero-order chi connectivity index (χ0) is 17.6. The van der Waals surface area contributed by atoms with Crippen molar-refractivity contribution in [2.45, 2.75) is 0 Å². The highest BCUT2D eigenvalue weighted by Crippen LogP contribution is 2.19. The second-order valence-corrected chi connectivity index (χ2v) is 5.15. The molecule has 0 atom stereocenters. The fourth-order valence-electron chi connectivity index (χ4n) is 2.12. The SMILES string of the molecule is O=C(NCCOc1ccc(F)cc1)c1cc(-c2cccc(F)c2)no1. The van der Waals surface area contributed by atoms with Gasteiger partial charge in [0.25, 0.3) is 5.91 Å². The summed E-state index contributed by atoms with van der Waals surface area (Å²) in [6, 6.07) is 12.8. The topological polar surface area (TPSA) is 64.4 Å². The summed E-state index contributed by atoms with van der Waals surface area (Å²) in [4.78, 5) is 12.0. The van der Waals surface area contributed by atoms with Gasteiger partial charge >= 0.3 is 0 Å². The van der Waals surface area contributed by atoms with Crippen LogP contribution in [0, 0.1) is 11.6 Å². The van der Waals surface area contributed by atoms with Crippen LogP contribution in [0.15, 0.2) is 59.1 Å². The van der Waals surface area contributed by atoms with E-state index >= 15 is 0 Å². The first-order valence-corrected chi connectivity index (χ1v) is 7.51. The van der Waals surface area contributed by atoms with Crippen molar-refractivity contribution in [1.29, 1.82) is 0 Å². The molecule has 7 heteroatoms. The number of aromatic nitrogens is 1. The number of halogens is 2. The lowest BCUT2D eigenvalue weighted by Crippen LogP contribution is -2.27. The molecule has 0 saturated heterocycles. The first-order chi connectivity index (χ1) is 12.1. The Bertz CT molecular complexity index is 863. The normalized spacial score (nSPS) is 10.5. The van der Waals surface area contributed by atoms with Gasteiger partial charge in [-0.1, -0.05) is 17.3 Å². The Morgan fingerprint density at radius 1 is 1.08 bits per heavy atom. The third kappa shape index (κ3) is 4.41. The van der Waals surface area contributed by atoms with Gasteiger partial charge in [-0.25, -0.2) is 8.78 Å². The molecule has 5 nitrogen and oxygen atoms in total. The molecule has 2 aromatic carbocycles. The van der Waals surface area contributed by atoms with Crippen molar-refractivity contribution in [3.8, 4) is 17.0 Å². The van der Waals surface area contributed by atoms with Crippen LogP contribution in [0.2, 0.25) is 0 Å². The van der Waals surface area contributed by atoms with E-state index in [1.54, 1.807) is 12.1 Å². The van der Waals surface area contributed by atoms with Gasteiger partial charge in [0.15, 0.2) is 0 Å². The molecule has 0 spiro atoms. The molecule has 0 aliphatic rings. The van der Waals surface area contributed by atoms with Crippen molar-refractivity contribution in [2.75, 3.05) is 13.2 Å². The molecule has 1 N–H and O–H groups in total. The van der Waals surface area contributed by atoms with Crippen LogP contribution in [0.1, 0.15) is 10.6 Å². The monoisotopic (exact) mass is 344 g/mol. The number of rotatable bonds is 6. The van der Waals surface area contributed by atoms with Gasteiger partial charge in [0.2, 0.25) is 5.76 Å². The maximum Gasteiger partial charge on any atom is 0.290 e. The van der Waals surface area contributed by atoms with Crippen LogP contribution in [0.4, 0.5) is 8.78 Å². The summed E-state index contributed by atoms with van der Waals surface area (Å²) in [5.41, 5.74) is 0.884. The smallest absolute Gasteiger partial charge is 0.290 e. The third-order valence-corrected chi connectivity index (χ3v) is 3.32. The Morgan fingerprint density at radius 2 is 1.88 bits per heavy atom. The minimum atomic E-state index is -0.460. The van der Waals surface area contributed by atoms with Crippen molar-refractivity contribution in [2.24, 2.45) is 0 Å². The molecule has 0 unspecified atom stereocenters. The van der Waals surface area contributed by atoms with E-state index in [2.05, 4.69) is 10.5 Å². The van der Waals surface area contributed by atoms with Gasteiger partial charge in [0.1, 0.15) is 29.7 Å². The number of nitrogens with zero attached hydrogens (tertiary/aromatic N) is 1. The van der Waals surface area contributed by atoms with Crippen LogP contribution in [0.5, 0.6) is 5.75 Å². The predicted molar refractivity (Wildman–Crippen MR) is 86.1 cm³/mol. The molecular formula is C18H14F2N2O3. The average molecular weight is 344 g/mol. The molecule has 3 aromatic rings. The maximum absolute atomic E-state index is 13.2. The van der Waals surface area contributed by atoms with Gasteiger partial charge in [-0.15, -0.1) is 0 Å². The van der Waals surface area contributed by atoms with Crippen molar-refractivity contribution in [3.05, 3.63) is 72.0 Å². The fraction of sp³-hybridized carbons (Fsp3) is 0.111. The Balaban J connectivity index is 1.51. The lowest BCUT2D eigenvalue weighted by atomic mass is 10.1. The summed E-state index contributed by atoms with van der Waals surface area (Å²) in [7, 11) is 0. The van der Waals surface area contributed by atoms with E-state index in [1.165, 1.54) is 42.5 Å². The summed E-state index contributed by atoms with van der Waals surface area (Å²) < 4.78 is 36.3. The third-order valence-electron chi connectivity index (χ3n) is 3.32. The summed E-state index contributed by atoms with van der Waals surface area (Å²) >= 11 is 0. The first kappa shape index (κ1) is 16.6. The number of benzene rings is 2. The van der Waals surface area contributed by atoms with Gasteiger partial charge in [-0.2, -0.15) is 0 Å². The Hall–Kier alpha value is -3.22. The molecule has 25 heavy (non-hydrogen) atoms. The molecule has 0 aliphatic heterocycles. The highest BCUT2D eigenvalue weighted by molar-refractivity contribution is 5.92. The van der Waals surface area contributed by atoms with Gasteiger partial charge in [-0.3, -0.25) is 4.79 Å². The number of hydrogen-bond acceptors (Lipinski definition) is 4. The summed E-state index contributed by atoms with van der Waals surface area (Å²) in [5.74, 6) is -0.688. The van der Waals surface area contributed by atoms with E-state index in [0.29, 0.717) is 17.0 Å². The predicted octanol–water partition coefficient (Wildman–Crippen LogP) is 3.43. The summed E-state index contributed by atoms with van der Waals surface area (Å²) in [5, 5.41) is 6.37. The summed E-state index contributed by atoms with van der Waals surface area (Å²) in [6.07, 6.45) is 0. The molecule has 3 rings (SSSR count). The molecule has 1 amide bonds. The largest absolute Gasteiger partial charge is 0.492 e. The van der Waals surface area contributed by atoms with E-state index in [-0.39, 0.29) is 24.7 Å². The molecule has 0 radical (unpaired) electrons. The molecule has 1 heterocycles. The fourth-order valence-corrected chi connectivity index (χ4v) is 2.12. The minimum Gasteiger partial charge on any atom is -0.492 e. The van der Waals surface area contributed by atoms with Crippen LogP contribution >= 0.6 is 0 Å². The van der Waals surface area contributed by atoms with E-state index in [9.17, 15) is 13.6 Å². The molecule has 0 bridgehead atoms. The van der Waals surface area contributed by atoms with E-state index in [1.807, 2.05) is 0 Å². The van der Waals surface area contributed by atoms with Crippen LogP contribution in [0.3, 0.4) is 0 Å². The maximum atomic E-state index is 13.2. The van der Waals surface area contributed by atoms with Crippen molar-refractivity contribution in [3.63, 3.8) is 0 Å². The number of ether oxygens (including phenoxy) is 1. The Morgan fingerprint density at radius 3 is 2.64 bits per heavy atom. The van der Waals surface area contributed by atoms with Crippen LogP contribution in [0.25, 0.3) is 11.3 Å². The van der Waals surface area contributed by atoms with Crippen molar-refractivity contribution < 1.29 is 22.8 Å². The standard InChI is InChI=1S/C18H14F2N2O3/c19-13-4-6-15(7-5-13)24-9-8-21-18(23)17-11-16(22-25-17)12-2-1-3-14(20)10-12/h1-7,10-11H,8-9H2,(H,21,23). The second-order valence-electron chi connectivity index (χ2n) is 5.15. The zero-order valence-electron chi connectivity index (χ0n) is 13.0. The van der Waals surface area contributed by atoms with Crippen molar-refractivity contribution in [1.82, 2.24) is 10.5 Å². The van der Waals surface area contributed by atoms with Crippen LogP contribution in [-0.2, 0) is 0 Å². The van der Waals surface area contributed by atoms with Gasteiger partial charge < -0.3 is 14.6 Å². The average Bonchev–Trinajstić information content (AvgIpc) is 3.10. The highest BCUT2D eigenvalue weighted by Gasteiger charge is 2.14. The number of nitrogens with one attached hydrogen (secondary N) is 1. The number of hydrogen-bond donors (Lipinski definition) is 1. The zero-order valence-corrected chi connectivity index (χ0v) is 13.0. The minimum absolute atomic E-state index is 0.0149. The van der Waals surface area contributed by atoms with Gasteiger partial charge in [0.05, 0.1) is 6.54 Å². The molecule has 128 valence electrons. The summed E-state index contributed by atoms with van der Waals surface area (Å²) in [6.45, 7) is 0.439. The number of carbonyl (C=O) groups is 1. The molecule has 1 aromatic heterocycles. The molecule has 0 aliphatic carbocycles. The number of amides is 1.